The number of carbonyl (C=O) groups is 2. The number of rotatable bonds is 7. The highest BCUT2D eigenvalue weighted by Crippen LogP contribution is 2.26. The van der Waals surface area contributed by atoms with Crippen LogP contribution in [0.2, 0.25) is 0 Å². The van der Waals surface area contributed by atoms with Crippen LogP contribution in [0, 0.1) is 10.1 Å². The first-order valence-corrected chi connectivity index (χ1v) is 9.47. The molecule has 1 heterocycles. The third-order valence-electron chi connectivity index (χ3n) is 3.88. The van der Waals surface area contributed by atoms with Crippen LogP contribution < -0.4 is 10.6 Å². The zero-order valence-corrected chi connectivity index (χ0v) is 16.1. The van der Waals surface area contributed by atoms with Crippen LogP contribution in [0.25, 0.3) is 0 Å². The molecule has 8 nitrogen and oxygen atoms in total. The highest BCUT2D eigenvalue weighted by molar-refractivity contribution is 8.00. The molecule has 2 N–H and O–H groups in total. The summed E-state index contributed by atoms with van der Waals surface area (Å²) in [6.45, 7) is 1.75. The van der Waals surface area contributed by atoms with E-state index in [-0.39, 0.29) is 23.3 Å². The summed E-state index contributed by atoms with van der Waals surface area (Å²) in [6.07, 6.45) is 1.42. The van der Waals surface area contributed by atoms with Gasteiger partial charge in [0.15, 0.2) is 5.76 Å². The number of thioether (sulfide) groups is 1. The van der Waals surface area contributed by atoms with E-state index >= 15 is 0 Å². The van der Waals surface area contributed by atoms with Crippen molar-refractivity contribution in [2.24, 2.45) is 0 Å². The fourth-order valence-electron chi connectivity index (χ4n) is 2.39. The maximum atomic E-state index is 12.4. The van der Waals surface area contributed by atoms with Gasteiger partial charge < -0.3 is 15.1 Å². The maximum Gasteiger partial charge on any atom is 0.291 e. The van der Waals surface area contributed by atoms with Crippen molar-refractivity contribution in [2.45, 2.75) is 17.1 Å². The van der Waals surface area contributed by atoms with Gasteiger partial charge in [-0.2, -0.15) is 0 Å². The lowest BCUT2D eigenvalue weighted by molar-refractivity contribution is -0.384. The molecule has 0 saturated heterocycles. The largest absolute Gasteiger partial charge is 0.459 e. The van der Waals surface area contributed by atoms with Gasteiger partial charge in [0.1, 0.15) is 0 Å². The van der Waals surface area contributed by atoms with Gasteiger partial charge in [0.2, 0.25) is 5.91 Å². The van der Waals surface area contributed by atoms with Crippen molar-refractivity contribution in [3.8, 4) is 0 Å². The lowest BCUT2D eigenvalue weighted by Crippen LogP contribution is -2.22. The Balaban J connectivity index is 1.54. The number of benzene rings is 2. The number of nitro benzene ring substituents is 1. The molecule has 0 aliphatic rings. The van der Waals surface area contributed by atoms with E-state index in [1.54, 1.807) is 55.5 Å². The summed E-state index contributed by atoms with van der Waals surface area (Å²) >= 11 is 1.30. The van der Waals surface area contributed by atoms with Gasteiger partial charge in [-0.25, -0.2) is 0 Å². The molecule has 0 spiro atoms. The first kappa shape index (κ1) is 20.2. The number of carbonyl (C=O) groups excluding carboxylic acids is 2. The third-order valence-corrected chi connectivity index (χ3v) is 5.00. The fourth-order valence-corrected chi connectivity index (χ4v) is 3.25. The predicted octanol–water partition coefficient (Wildman–Crippen LogP) is 4.56. The number of amides is 2. The van der Waals surface area contributed by atoms with Crippen molar-refractivity contribution in [3.63, 3.8) is 0 Å². The number of furan rings is 1. The van der Waals surface area contributed by atoms with Crippen LogP contribution in [-0.4, -0.2) is 22.0 Å². The van der Waals surface area contributed by atoms with E-state index in [9.17, 15) is 19.7 Å². The number of nitrogens with one attached hydrogen (secondary N) is 2. The van der Waals surface area contributed by atoms with Crippen LogP contribution in [0.1, 0.15) is 17.5 Å². The Morgan fingerprint density at radius 1 is 1.00 bits per heavy atom. The molecule has 0 aliphatic carbocycles. The van der Waals surface area contributed by atoms with E-state index in [1.807, 2.05) is 0 Å². The molecule has 3 rings (SSSR count). The SMILES string of the molecule is CC(Sc1ccc([N+](=O)[O-])cc1)C(=O)Nc1ccc(NC(=O)c2ccco2)cc1. The average Bonchev–Trinajstić information content (AvgIpc) is 3.25. The summed E-state index contributed by atoms with van der Waals surface area (Å²) in [5, 5.41) is 15.8. The van der Waals surface area contributed by atoms with Gasteiger partial charge in [-0.1, -0.05) is 0 Å². The maximum absolute atomic E-state index is 12.4. The Labute approximate surface area is 170 Å². The van der Waals surface area contributed by atoms with Crippen LogP contribution in [0.3, 0.4) is 0 Å². The first-order chi connectivity index (χ1) is 13.9. The van der Waals surface area contributed by atoms with Crippen LogP contribution >= 0.6 is 11.8 Å². The van der Waals surface area contributed by atoms with Gasteiger partial charge in [0.25, 0.3) is 11.6 Å². The summed E-state index contributed by atoms with van der Waals surface area (Å²) in [7, 11) is 0. The van der Waals surface area contributed by atoms with E-state index in [0.29, 0.717) is 11.4 Å². The fraction of sp³-hybridized carbons (Fsp3) is 0.100. The minimum absolute atomic E-state index is 0.00526. The molecule has 2 aromatic carbocycles. The number of non-ortho nitro benzene ring substituents is 1. The molecule has 29 heavy (non-hydrogen) atoms. The molecule has 0 radical (unpaired) electrons. The zero-order valence-electron chi connectivity index (χ0n) is 15.3. The van der Waals surface area contributed by atoms with Crippen molar-refractivity contribution in [1.29, 1.82) is 0 Å². The smallest absolute Gasteiger partial charge is 0.291 e. The summed E-state index contributed by atoms with van der Waals surface area (Å²) < 4.78 is 5.03. The Bertz CT molecular complexity index is 1000. The molecule has 0 fully saturated rings. The monoisotopic (exact) mass is 411 g/mol. The number of anilines is 2. The Kier molecular flexibility index (Phi) is 6.30. The number of hydrogen-bond donors (Lipinski definition) is 2. The topological polar surface area (TPSA) is 114 Å². The minimum atomic E-state index is -0.467. The molecule has 9 heteroatoms. The van der Waals surface area contributed by atoms with Crippen LogP contribution in [0.15, 0.2) is 76.2 Å². The predicted molar refractivity (Wildman–Crippen MR) is 110 cm³/mol. The highest BCUT2D eigenvalue weighted by Gasteiger charge is 2.16. The van der Waals surface area contributed by atoms with E-state index in [4.69, 9.17) is 4.42 Å². The van der Waals surface area contributed by atoms with E-state index in [1.165, 1.54) is 30.2 Å². The average molecular weight is 411 g/mol. The van der Waals surface area contributed by atoms with Crippen molar-refractivity contribution in [2.75, 3.05) is 10.6 Å². The van der Waals surface area contributed by atoms with E-state index in [0.717, 1.165) is 4.90 Å². The van der Waals surface area contributed by atoms with Crippen molar-refractivity contribution in [3.05, 3.63) is 82.8 Å². The van der Waals surface area contributed by atoms with Gasteiger partial charge in [-0.3, -0.25) is 19.7 Å². The van der Waals surface area contributed by atoms with E-state index < -0.39 is 10.2 Å². The van der Waals surface area contributed by atoms with Crippen LogP contribution in [-0.2, 0) is 4.79 Å². The highest BCUT2D eigenvalue weighted by atomic mass is 32.2. The zero-order chi connectivity index (χ0) is 20.8. The normalized spacial score (nSPS) is 11.5. The molecule has 3 aromatic rings. The molecule has 148 valence electrons. The van der Waals surface area contributed by atoms with Gasteiger partial charge >= 0.3 is 0 Å². The van der Waals surface area contributed by atoms with Gasteiger partial charge in [-0.05, 0) is 55.5 Å². The van der Waals surface area contributed by atoms with Crippen LogP contribution in [0.4, 0.5) is 17.1 Å². The van der Waals surface area contributed by atoms with Crippen molar-refractivity contribution >= 4 is 40.6 Å². The Morgan fingerprint density at radius 3 is 2.17 bits per heavy atom. The second kappa shape index (κ2) is 9.07. The van der Waals surface area contributed by atoms with Crippen molar-refractivity contribution in [1.82, 2.24) is 0 Å². The van der Waals surface area contributed by atoms with Gasteiger partial charge in [0, 0.05) is 28.4 Å². The van der Waals surface area contributed by atoms with Crippen molar-refractivity contribution < 1.29 is 18.9 Å². The molecule has 0 saturated carbocycles. The third kappa shape index (κ3) is 5.45. The summed E-state index contributed by atoms with van der Waals surface area (Å²) in [6, 6.07) is 15.9. The van der Waals surface area contributed by atoms with E-state index in [2.05, 4.69) is 10.6 Å². The molecular formula is C20H17N3O5S. The number of hydrogen-bond acceptors (Lipinski definition) is 6. The molecule has 1 unspecified atom stereocenters. The standard InChI is InChI=1S/C20H17N3O5S/c1-13(29-17-10-8-16(9-11-17)23(26)27)19(24)21-14-4-6-15(7-5-14)22-20(25)18-3-2-12-28-18/h2-13H,1H3,(H,21,24)(H,22,25). The Hall–Kier alpha value is -3.59. The minimum Gasteiger partial charge on any atom is -0.459 e. The molecule has 1 aromatic heterocycles. The number of nitro groups is 1. The molecular weight excluding hydrogens is 394 g/mol. The Morgan fingerprint density at radius 2 is 1.62 bits per heavy atom. The second-order valence-corrected chi connectivity index (χ2v) is 7.42. The van der Waals surface area contributed by atoms with Crippen LogP contribution in [0.5, 0.6) is 0 Å². The first-order valence-electron chi connectivity index (χ1n) is 8.59. The lowest BCUT2D eigenvalue weighted by atomic mass is 10.2. The molecule has 2 amide bonds. The molecule has 1 atom stereocenters. The summed E-state index contributed by atoms with van der Waals surface area (Å²) in [5.41, 5.74) is 1.16. The summed E-state index contributed by atoms with van der Waals surface area (Å²) in [5.74, 6) is -0.361. The van der Waals surface area contributed by atoms with Gasteiger partial charge in [-0.15, -0.1) is 11.8 Å². The van der Waals surface area contributed by atoms with Gasteiger partial charge in [0.05, 0.1) is 16.4 Å². The molecule has 0 aliphatic heterocycles. The molecule has 0 bridgehead atoms. The lowest BCUT2D eigenvalue weighted by Gasteiger charge is -2.12. The number of nitrogens with zero attached hydrogens (tertiary/aromatic N) is 1. The second-order valence-electron chi connectivity index (χ2n) is 6.01. The quantitative estimate of drug-likeness (QED) is 0.335. The summed E-state index contributed by atoms with van der Waals surface area (Å²) in [4.78, 5) is 35.3.